The number of nitrogens with zero attached hydrogens (tertiary/aromatic N) is 3. The fourth-order valence-electron chi connectivity index (χ4n) is 3.13. The average molecular weight is 354 g/mol. The summed E-state index contributed by atoms with van der Waals surface area (Å²) in [6, 6.07) is 11.5. The van der Waals surface area contributed by atoms with Crippen molar-refractivity contribution in [1.29, 1.82) is 0 Å². The predicted octanol–water partition coefficient (Wildman–Crippen LogP) is 3.02. The van der Waals surface area contributed by atoms with Gasteiger partial charge in [0.15, 0.2) is 0 Å². The summed E-state index contributed by atoms with van der Waals surface area (Å²) in [7, 11) is 0. The van der Waals surface area contributed by atoms with Crippen molar-refractivity contribution in [2.45, 2.75) is 13.8 Å². The van der Waals surface area contributed by atoms with Crippen molar-refractivity contribution in [3.8, 4) is 0 Å². The normalized spacial score (nSPS) is 14.2. The number of hydrogen-bond donors (Lipinski definition) is 1. The molecule has 1 aliphatic heterocycles. The lowest BCUT2D eigenvalue weighted by Crippen LogP contribution is -2.36. The first-order valence-corrected chi connectivity index (χ1v) is 9.17. The number of carbonyl (C=O) groups is 1. The van der Waals surface area contributed by atoms with Gasteiger partial charge < -0.3 is 19.9 Å². The number of para-hydroxylation sites is 2. The van der Waals surface area contributed by atoms with E-state index >= 15 is 0 Å². The molecule has 6 heteroatoms. The first-order chi connectivity index (χ1) is 12.7. The van der Waals surface area contributed by atoms with Crippen molar-refractivity contribution >= 4 is 23.1 Å². The van der Waals surface area contributed by atoms with Gasteiger partial charge in [-0.15, -0.1) is 0 Å². The summed E-state index contributed by atoms with van der Waals surface area (Å²) >= 11 is 0. The molecule has 1 aromatic heterocycles. The number of morpholine rings is 1. The first-order valence-electron chi connectivity index (χ1n) is 9.17. The summed E-state index contributed by atoms with van der Waals surface area (Å²) in [4.78, 5) is 21.6. The highest BCUT2D eigenvalue weighted by Crippen LogP contribution is 2.27. The molecule has 3 rings (SSSR count). The third kappa shape index (κ3) is 4.14. The van der Waals surface area contributed by atoms with Crippen LogP contribution in [0, 0.1) is 0 Å². The minimum Gasteiger partial charge on any atom is -0.378 e. The van der Waals surface area contributed by atoms with Crippen molar-refractivity contribution in [3.63, 3.8) is 0 Å². The Morgan fingerprint density at radius 1 is 1.19 bits per heavy atom. The van der Waals surface area contributed by atoms with Crippen LogP contribution in [0.25, 0.3) is 0 Å². The lowest BCUT2D eigenvalue weighted by molar-refractivity contribution is 0.102. The number of pyridine rings is 1. The van der Waals surface area contributed by atoms with E-state index in [0.717, 1.165) is 43.4 Å². The van der Waals surface area contributed by atoms with E-state index in [4.69, 9.17) is 4.74 Å². The third-order valence-corrected chi connectivity index (χ3v) is 4.60. The quantitative estimate of drug-likeness (QED) is 0.864. The highest BCUT2D eigenvalue weighted by molar-refractivity contribution is 6.06. The lowest BCUT2D eigenvalue weighted by Gasteiger charge is -2.30. The molecule has 0 atom stereocenters. The summed E-state index contributed by atoms with van der Waals surface area (Å²) < 4.78 is 5.43. The van der Waals surface area contributed by atoms with Crippen molar-refractivity contribution in [1.82, 2.24) is 4.98 Å². The van der Waals surface area contributed by atoms with Gasteiger partial charge in [-0.3, -0.25) is 4.79 Å². The Labute approximate surface area is 154 Å². The van der Waals surface area contributed by atoms with Gasteiger partial charge in [0.05, 0.1) is 24.6 Å². The van der Waals surface area contributed by atoms with Crippen LogP contribution in [0.15, 0.2) is 42.6 Å². The fourth-order valence-corrected chi connectivity index (χ4v) is 3.13. The second-order valence-electron chi connectivity index (χ2n) is 6.15. The van der Waals surface area contributed by atoms with E-state index in [1.807, 2.05) is 30.3 Å². The zero-order chi connectivity index (χ0) is 18.4. The van der Waals surface area contributed by atoms with E-state index < -0.39 is 0 Å². The maximum atomic E-state index is 12.8. The molecule has 6 nitrogen and oxygen atoms in total. The molecule has 1 saturated heterocycles. The molecular formula is C20H26N4O2. The Balaban J connectivity index is 1.79. The smallest absolute Gasteiger partial charge is 0.255 e. The molecule has 1 fully saturated rings. The van der Waals surface area contributed by atoms with Gasteiger partial charge in [-0.25, -0.2) is 4.98 Å². The number of hydrogen-bond acceptors (Lipinski definition) is 5. The van der Waals surface area contributed by atoms with E-state index in [1.165, 1.54) is 0 Å². The largest absolute Gasteiger partial charge is 0.378 e. The molecule has 0 radical (unpaired) electrons. The van der Waals surface area contributed by atoms with Gasteiger partial charge >= 0.3 is 0 Å². The van der Waals surface area contributed by atoms with E-state index in [2.05, 4.69) is 33.9 Å². The van der Waals surface area contributed by atoms with E-state index in [0.29, 0.717) is 18.8 Å². The topological polar surface area (TPSA) is 57.7 Å². The number of anilines is 3. The highest BCUT2D eigenvalue weighted by Gasteiger charge is 2.17. The van der Waals surface area contributed by atoms with Crippen LogP contribution in [0.4, 0.5) is 17.2 Å². The summed E-state index contributed by atoms with van der Waals surface area (Å²) in [6.07, 6.45) is 1.69. The highest BCUT2D eigenvalue weighted by atomic mass is 16.5. The Kier molecular flexibility index (Phi) is 6.07. The van der Waals surface area contributed by atoms with Gasteiger partial charge in [0.2, 0.25) is 0 Å². The number of aromatic nitrogens is 1. The summed E-state index contributed by atoms with van der Waals surface area (Å²) in [5.41, 5.74) is 2.46. The molecule has 0 saturated carbocycles. The number of ether oxygens (including phenoxy) is 1. The van der Waals surface area contributed by atoms with Crippen LogP contribution in [0.3, 0.4) is 0 Å². The van der Waals surface area contributed by atoms with Gasteiger partial charge in [0.1, 0.15) is 5.82 Å². The molecule has 0 aliphatic carbocycles. The van der Waals surface area contributed by atoms with E-state index in [-0.39, 0.29) is 5.91 Å². The molecule has 1 N–H and O–H groups in total. The van der Waals surface area contributed by atoms with Crippen molar-refractivity contribution < 1.29 is 9.53 Å². The van der Waals surface area contributed by atoms with Crippen LogP contribution in [-0.4, -0.2) is 50.3 Å². The van der Waals surface area contributed by atoms with Crippen LogP contribution in [0.1, 0.15) is 24.2 Å². The monoisotopic (exact) mass is 354 g/mol. The third-order valence-electron chi connectivity index (χ3n) is 4.60. The maximum Gasteiger partial charge on any atom is 0.255 e. The molecule has 0 bridgehead atoms. The zero-order valence-corrected chi connectivity index (χ0v) is 15.4. The average Bonchev–Trinajstić information content (AvgIpc) is 2.70. The Morgan fingerprint density at radius 2 is 1.92 bits per heavy atom. The Hall–Kier alpha value is -2.60. The standard InChI is InChI=1S/C20H26N4O2/c1-3-23(4-2)19-15-16(9-10-21-19)20(25)22-17-7-5-6-8-18(17)24-11-13-26-14-12-24/h5-10,15H,3-4,11-14H2,1-2H3,(H,22,25). The van der Waals surface area contributed by atoms with Gasteiger partial charge in [0, 0.05) is 37.9 Å². The summed E-state index contributed by atoms with van der Waals surface area (Å²) in [6.45, 7) is 8.94. The summed E-state index contributed by atoms with van der Waals surface area (Å²) in [5.74, 6) is 0.700. The SMILES string of the molecule is CCN(CC)c1cc(C(=O)Nc2ccccc2N2CCOCC2)ccn1. The van der Waals surface area contributed by atoms with Crippen LogP contribution < -0.4 is 15.1 Å². The van der Waals surface area contributed by atoms with Crippen LogP contribution in [0.5, 0.6) is 0 Å². The number of rotatable bonds is 6. The van der Waals surface area contributed by atoms with Gasteiger partial charge in [0.25, 0.3) is 5.91 Å². The van der Waals surface area contributed by atoms with Gasteiger partial charge in [-0.1, -0.05) is 12.1 Å². The van der Waals surface area contributed by atoms with E-state index in [1.54, 1.807) is 12.3 Å². The minimum atomic E-state index is -0.124. The predicted molar refractivity (Wildman–Crippen MR) is 105 cm³/mol. The van der Waals surface area contributed by atoms with Gasteiger partial charge in [-0.05, 0) is 38.1 Å². The first kappa shape index (κ1) is 18.2. The second kappa shape index (κ2) is 8.67. The minimum absolute atomic E-state index is 0.124. The molecule has 2 heterocycles. The zero-order valence-electron chi connectivity index (χ0n) is 15.4. The molecule has 26 heavy (non-hydrogen) atoms. The molecule has 2 aromatic rings. The maximum absolute atomic E-state index is 12.8. The van der Waals surface area contributed by atoms with Crippen molar-refractivity contribution in [2.24, 2.45) is 0 Å². The Bertz CT molecular complexity index is 740. The molecule has 138 valence electrons. The number of benzene rings is 1. The van der Waals surface area contributed by atoms with Crippen LogP contribution in [0.2, 0.25) is 0 Å². The van der Waals surface area contributed by atoms with Crippen LogP contribution in [-0.2, 0) is 4.74 Å². The lowest BCUT2D eigenvalue weighted by atomic mass is 10.2. The number of nitrogens with one attached hydrogen (secondary N) is 1. The van der Waals surface area contributed by atoms with Crippen molar-refractivity contribution in [3.05, 3.63) is 48.2 Å². The number of carbonyl (C=O) groups excluding carboxylic acids is 1. The molecule has 1 aliphatic rings. The molecule has 0 spiro atoms. The summed E-state index contributed by atoms with van der Waals surface area (Å²) in [5, 5.41) is 3.06. The molecule has 1 amide bonds. The van der Waals surface area contributed by atoms with E-state index in [9.17, 15) is 4.79 Å². The second-order valence-corrected chi connectivity index (χ2v) is 6.15. The number of amides is 1. The molecular weight excluding hydrogens is 328 g/mol. The fraction of sp³-hybridized carbons (Fsp3) is 0.400. The Morgan fingerprint density at radius 3 is 2.65 bits per heavy atom. The van der Waals surface area contributed by atoms with Gasteiger partial charge in [-0.2, -0.15) is 0 Å². The molecule has 0 unspecified atom stereocenters. The van der Waals surface area contributed by atoms with Crippen molar-refractivity contribution in [2.75, 3.05) is 54.5 Å². The molecule has 1 aromatic carbocycles. The van der Waals surface area contributed by atoms with Crippen LogP contribution >= 0.6 is 0 Å².